The average Bonchev–Trinajstić information content (AvgIpc) is 2.12. The van der Waals surface area contributed by atoms with Gasteiger partial charge in [0.05, 0.1) is 34.5 Å². The number of rotatable bonds is 5. The largest absolute Gasteiger partial charge is 0.510 e. The van der Waals surface area contributed by atoms with E-state index in [4.69, 9.17) is 16.6 Å². The topological polar surface area (TPSA) is 35.9 Å². The van der Waals surface area contributed by atoms with Crippen LogP contribution in [0.2, 0.25) is 0 Å². The molecule has 72 heavy (non-hydrogen) atoms. The van der Waals surface area contributed by atoms with E-state index in [1.165, 1.54) is 0 Å². The van der Waals surface area contributed by atoms with Crippen molar-refractivity contribution in [1.82, 2.24) is 14.1 Å². The summed E-state index contributed by atoms with van der Waals surface area (Å²) < 4.78 is 134. The van der Waals surface area contributed by atoms with Crippen LogP contribution in [-0.4, -0.2) is 14.1 Å². The Hall–Kier alpha value is -7.33. The fourth-order valence-electron chi connectivity index (χ4n) is 9.60. The van der Waals surface area contributed by atoms with Crippen LogP contribution in [0.5, 0.6) is 11.5 Å². The SMILES string of the molecule is [2H]c1c([2H])c([2H])c(-c2cc(C(C)(C)C)cc3c2-[n+]2[c-]n(-c4[c-]c(Oc5[c-]c6c(cc5)c5ccccc5n6-c5cc(C(C)(C)C)ccn5)ccc4)c4cc(C(C)(C)C)cc(c42)-c2c([2H])c([2H])c([2H])c([2H])c2-c2c([2H])c([2H])c([2H])c([2H])c2-3)c([2H])c1[2H].[Pt]. The zero-order valence-electron chi connectivity index (χ0n) is 54.3. The first-order chi connectivity index (χ1) is 39.5. The van der Waals surface area contributed by atoms with Crippen LogP contribution in [0.4, 0.5) is 0 Å². The molecule has 0 unspecified atom stereocenters. The van der Waals surface area contributed by atoms with Gasteiger partial charge < -0.3 is 13.9 Å². The van der Waals surface area contributed by atoms with Gasteiger partial charge in [0.25, 0.3) is 6.33 Å². The molecule has 5 nitrogen and oxygen atoms in total. The summed E-state index contributed by atoms with van der Waals surface area (Å²) in [5.74, 6) is 1.39. The minimum absolute atomic E-state index is 0. The maximum atomic E-state index is 9.87. The normalized spacial score (nSPS) is 14.9. The molecule has 11 aromatic rings. The van der Waals surface area contributed by atoms with Gasteiger partial charge in [-0.3, -0.25) is 4.57 Å². The Bertz CT molecular complexity index is 4670. The van der Waals surface area contributed by atoms with Crippen molar-refractivity contribution in [1.29, 1.82) is 0 Å². The first-order valence-corrected chi connectivity index (χ1v) is 23.6. The number of nitrogens with zero attached hydrogens (tertiary/aromatic N) is 4. The molecule has 12 rings (SSSR count). The number of aromatic nitrogens is 4. The van der Waals surface area contributed by atoms with Crippen molar-refractivity contribution in [2.75, 3.05) is 0 Å². The van der Waals surface area contributed by atoms with Crippen LogP contribution in [-0.2, 0) is 37.3 Å². The van der Waals surface area contributed by atoms with Crippen molar-refractivity contribution in [2.24, 2.45) is 0 Å². The summed E-state index contributed by atoms with van der Waals surface area (Å²) in [6.45, 7) is 18.2. The molecule has 1 aliphatic heterocycles. The Balaban J connectivity index is 0.00000752. The molecule has 3 aromatic heterocycles. The Morgan fingerprint density at radius 2 is 1.12 bits per heavy atom. The van der Waals surface area contributed by atoms with Crippen LogP contribution >= 0.6 is 0 Å². The maximum Gasteiger partial charge on any atom is 0.268 e. The molecular formula is C66H56N4OPt-2. The molecule has 4 heterocycles. The van der Waals surface area contributed by atoms with Gasteiger partial charge in [-0.05, 0) is 113 Å². The smallest absolute Gasteiger partial charge is 0.268 e. The second-order valence-corrected chi connectivity index (χ2v) is 21.2. The molecule has 0 N–H and O–H groups in total. The monoisotopic (exact) mass is 1130 g/mol. The molecule has 0 amide bonds. The molecule has 0 atom stereocenters. The number of para-hydroxylation sites is 1. The van der Waals surface area contributed by atoms with E-state index in [9.17, 15) is 11.0 Å². The molecule has 6 heteroatoms. The van der Waals surface area contributed by atoms with Gasteiger partial charge in [0.2, 0.25) is 0 Å². The molecule has 1 aliphatic rings. The van der Waals surface area contributed by atoms with Crippen molar-refractivity contribution in [3.8, 4) is 73.2 Å². The summed E-state index contributed by atoms with van der Waals surface area (Å²) in [6, 6.07) is 28.2. The zero-order chi connectivity index (χ0) is 60.3. The predicted molar refractivity (Wildman–Crippen MR) is 291 cm³/mol. The molecular weight excluding hydrogens is 1060 g/mol. The third-order valence-corrected chi connectivity index (χ3v) is 13.4. The summed E-state index contributed by atoms with van der Waals surface area (Å²) in [4.78, 5) is 4.84. The Kier molecular flexibility index (Phi) is 8.27. The fraction of sp³-hybridized carbons (Fsp3) is 0.182. The van der Waals surface area contributed by atoms with E-state index in [0.717, 1.165) is 33.2 Å². The molecule has 0 saturated heterocycles. The van der Waals surface area contributed by atoms with Crippen LogP contribution in [0, 0.1) is 18.5 Å². The number of imidazole rings is 1. The number of fused-ring (bicyclic) bond motifs is 10. The van der Waals surface area contributed by atoms with Gasteiger partial charge in [0.15, 0.2) is 0 Å². The van der Waals surface area contributed by atoms with Gasteiger partial charge in [-0.25, -0.2) is 4.98 Å². The van der Waals surface area contributed by atoms with Crippen LogP contribution in [0.3, 0.4) is 0 Å². The zero-order valence-corrected chi connectivity index (χ0v) is 43.5. The molecule has 0 bridgehead atoms. The van der Waals surface area contributed by atoms with E-state index in [1.807, 2.05) is 90.2 Å². The second kappa shape index (κ2) is 17.5. The van der Waals surface area contributed by atoms with E-state index in [2.05, 4.69) is 62.0 Å². The second-order valence-electron chi connectivity index (χ2n) is 21.2. The quantitative estimate of drug-likeness (QED) is 0.127. The van der Waals surface area contributed by atoms with E-state index in [1.54, 1.807) is 39.5 Å². The number of ether oxygens (including phenoxy) is 1. The van der Waals surface area contributed by atoms with Gasteiger partial charge >= 0.3 is 0 Å². The van der Waals surface area contributed by atoms with Crippen molar-refractivity contribution < 1.29 is 48.2 Å². The minimum atomic E-state index is -0.751. The van der Waals surface area contributed by atoms with Crippen molar-refractivity contribution in [2.45, 2.75) is 78.6 Å². The molecule has 0 fully saturated rings. The van der Waals surface area contributed by atoms with E-state index in [-0.39, 0.29) is 87.9 Å². The summed E-state index contributed by atoms with van der Waals surface area (Å²) in [7, 11) is 0. The summed E-state index contributed by atoms with van der Waals surface area (Å²) >= 11 is 0. The van der Waals surface area contributed by atoms with Crippen molar-refractivity contribution >= 4 is 32.8 Å². The first kappa shape index (κ1) is 34.1. The molecule has 0 saturated carbocycles. The molecule has 0 radical (unpaired) electrons. The predicted octanol–water partition coefficient (Wildman–Crippen LogP) is 16.5. The van der Waals surface area contributed by atoms with Gasteiger partial charge in [-0.1, -0.05) is 183 Å². The third kappa shape index (κ3) is 7.99. The Labute approximate surface area is 456 Å². The Morgan fingerprint density at radius 3 is 1.82 bits per heavy atom. The average molecular weight is 1130 g/mol. The number of hydrogen-bond acceptors (Lipinski definition) is 2. The molecule has 0 spiro atoms. The Morgan fingerprint density at radius 1 is 0.528 bits per heavy atom. The van der Waals surface area contributed by atoms with Crippen LogP contribution in [0.25, 0.3) is 94.5 Å². The first-order valence-electron chi connectivity index (χ1n) is 30.1. The van der Waals surface area contributed by atoms with E-state index >= 15 is 0 Å². The number of benzene rings is 8. The van der Waals surface area contributed by atoms with Crippen molar-refractivity contribution in [3.05, 3.63) is 211 Å². The molecule has 0 aliphatic carbocycles. The number of pyridine rings is 1. The van der Waals surface area contributed by atoms with Crippen LogP contribution < -0.4 is 9.30 Å². The number of hydrogen-bond donors (Lipinski definition) is 0. The third-order valence-electron chi connectivity index (χ3n) is 13.4. The molecule has 8 aromatic carbocycles. The van der Waals surface area contributed by atoms with Gasteiger partial charge in [-0.2, -0.15) is 18.2 Å². The maximum absolute atomic E-state index is 9.87. The van der Waals surface area contributed by atoms with Gasteiger partial charge in [0, 0.05) is 44.3 Å². The van der Waals surface area contributed by atoms with E-state index in [0.29, 0.717) is 28.1 Å². The van der Waals surface area contributed by atoms with Gasteiger partial charge in [-0.15, -0.1) is 29.7 Å². The summed E-state index contributed by atoms with van der Waals surface area (Å²) in [6.07, 6.45) is 5.39. The van der Waals surface area contributed by atoms with Gasteiger partial charge in [0.1, 0.15) is 5.82 Å². The summed E-state index contributed by atoms with van der Waals surface area (Å²) in [5.41, 5.74) is 3.38. The fourth-order valence-corrected chi connectivity index (χ4v) is 9.60. The van der Waals surface area contributed by atoms with Crippen LogP contribution in [0.15, 0.2) is 176 Å². The minimum Gasteiger partial charge on any atom is -0.510 e. The standard InChI is InChI=1S/C66H56N4O.Pt/c1-64(2,3)43-32-33-67-61(38-43)70-58-29-18-17-28-53(58)54-31-30-48(40-59(54)70)71-47-23-19-22-46(39-47)68-41-69-62-55(42-20-11-10-12-21-42)34-44(65(4,5)6)35-56(62)51-26-15-13-24-49(51)50-25-14-16-27-52(50)57-36-45(66(7,8)9)37-60(68)63(57)69;/h10-38H,1-9H3;/q-2;/i10D,11D,12D,13D,14D,15D,16D,20D,21D,24D,25D,26D,27D;. The van der Waals surface area contributed by atoms with Crippen molar-refractivity contribution in [3.63, 3.8) is 0 Å². The van der Waals surface area contributed by atoms with E-state index < -0.39 is 89.4 Å². The van der Waals surface area contributed by atoms with Crippen LogP contribution in [0.1, 0.15) is 96.8 Å². The molecule has 358 valence electrons. The summed E-state index contributed by atoms with van der Waals surface area (Å²) in [5, 5.41) is 1.95.